The summed E-state index contributed by atoms with van der Waals surface area (Å²) < 4.78 is 4.94. The third kappa shape index (κ3) is 11.7. The molecule has 0 bridgehead atoms. The van der Waals surface area contributed by atoms with Crippen LogP contribution in [0.3, 0.4) is 0 Å². The van der Waals surface area contributed by atoms with Gasteiger partial charge >= 0.3 is 0 Å². The standard InChI is InChI=1S/C22H38N2O2S.C20H35NO2.C4H8O.C2H3NO/c1-21(2)9-8-16-17(12-24-20(27)23-4)19(6-5-18(16)21)22(3)10-7-15(26)11-14(22)13-25;1-19(2)8-7-15-16(11-21)18(5-4-17(15)19)20(3)9-6-14(23)10-13(20)12-22;1-2-4-5-3-1;1-3-2-4/h14-15,17,19,25-26H,5-13H2,1-4H3,(H2,23,24,27);13-14,16,18,22-23H,4-12,21H2,1-3H3;1-4H2;1H3/t14-,15+,17+,19+,22+;13-,14+,16+,18+,20+;;/m11../s1. The molecule has 1 heterocycles. The normalized spacial score (nSPS) is 36.9. The van der Waals surface area contributed by atoms with E-state index in [4.69, 9.17) is 27.5 Å². The molecule has 7 aliphatic rings. The number of nitrogens with two attached hydrogens (primary N) is 1. The van der Waals surface area contributed by atoms with Crippen molar-refractivity contribution < 1.29 is 30.0 Å². The van der Waals surface area contributed by atoms with Gasteiger partial charge in [0.05, 0.1) is 12.2 Å². The molecule has 2 saturated carbocycles. The molecule has 3 fully saturated rings. The number of ether oxygens (including phenoxy) is 1. The minimum Gasteiger partial charge on any atom is -0.396 e. The Balaban J connectivity index is 0.000000217. The van der Waals surface area contributed by atoms with Crippen molar-refractivity contribution in [2.75, 3.05) is 53.6 Å². The second-order valence-corrected chi connectivity index (χ2v) is 21.1. The molecule has 338 valence electrons. The number of allylic oxidation sites excluding steroid dienone is 2. The van der Waals surface area contributed by atoms with E-state index in [9.17, 15) is 20.4 Å². The second-order valence-electron chi connectivity index (χ2n) is 20.7. The first-order chi connectivity index (χ1) is 28.0. The lowest BCUT2D eigenvalue weighted by molar-refractivity contribution is -0.0579. The fourth-order valence-corrected chi connectivity index (χ4v) is 13.0. The first kappa shape index (κ1) is 50.0. The highest BCUT2D eigenvalue weighted by Crippen LogP contribution is 2.60. The number of nitrogens with one attached hydrogen (secondary N) is 2. The van der Waals surface area contributed by atoms with Crippen molar-refractivity contribution in [2.24, 2.45) is 67.9 Å². The van der Waals surface area contributed by atoms with Crippen molar-refractivity contribution in [3.05, 3.63) is 22.3 Å². The van der Waals surface area contributed by atoms with Crippen molar-refractivity contribution in [3.63, 3.8) is 0 Å². The Bertz CT molecular complexity index is 1480. The maximum absolute atomic E-state index is 10.2. The van der Waals surface area contributed by atoms with Crippen molar-refractivity contribution in [1.29, 1.82) is 0 Å². The third-order valence-electron chi connectivity index (χ3n) is 16.8. The molecule has 1 saturated heterocycles. The van der Waals surface area contributed by atoms with Crippen molar-refractivity contribution in [3.8, 4) is 0 Å². The van der Waals surface area contributed by atoms with Gasteiger partial charge in [-0.05, 0) is 173 Å². The summed E-state index contributed by atoms with van der Waals surface area (Å²) in [6, 6.07) is 0. The van der Waals surface area contributed by atoms with E-state index in [-0.39, 0.29) is 48.1 Å². The zero-order valence-corrected chi connectivity index (χ0v) is 39.0. The lowest BCUT2D eigenvalue weighted by Gasteiger charge is -2.52. The average Bonchev–Trinajstić information content (AvgIpc) is 3.99. The van der Waals surface area contributed by atoms with Gasteiger partial charge in [0.2, 0.25) is 6.08 Å². The highest BCUT2D eigenvalue weighted by Gasteiger charge is 2.53. The van der Waals surface area contributed by atoms with Crippen LogP contribution in [0.5, 0.6) is 0 Å². The number of hydrogen-bond donors (Lipinski definition) is 7. The van der Waals surface area contributed by atoms with E-state index in [1.165, 1.54) is 77.3 Å². The largest absolute Gasteiger partial charge is 0.396 e. The summed E-state index contributed by atoms with van der Waals surface area (Å²) in [5.74, 6) is 2.43. The van der Waals surface area contributed by atoms with Crippen molar-refractivity contribution in [1.82, 2.24) is 10.6 Å². The van der Waals surface area contributed by atoms with Gasteiger partial charge in [0.15, 0.2) is 5.11 Å². The third-order valence-corrected chi connectivity index (χ3v) is 17.1. The Kier molecular flexibility index (Phi) is 18.7. The highest BCUT2D eigenvalue weighted by molar-refractivity contribution is 7.80. The van der Waals surface area contributed by atoms with Gasteiger partial charge in [0, 0.05) is 53.0 Å². The zero-order valence-electron chi connectivity index (χ0n) is 38.2. The fourth-order valence-electron chi connectivity index (χ4n) is 13.0. The number of rotatable bonds is 7. The zero-order chi connectivity index (χ0) is 43.6. The maximum Gasteiger partial charge on any atom is 0.234 e. The quantitative estimate of drug-likeness (QED) is 0.0595. The molecule has 11 heteroatoms. The number of carbonyl (C=O) groups excluding carboxylic acids is 1. The Morgan fingerprint density at radius 2 is 1.22 bits per heavy atom. The molecule has 0 unspecified atom stereocenters. The van der Waals surface area contributed by atoms with Crippen LogP contribution in [0.15, 0.2) is 27.3 Å². The lowest BCUT2D eigenvalue weighted by Crippen LogP contribution is -2.50. The molecule has 6 aliphatic carbocycles. The molecule has 0 aromatic rings. The van der Waals surface area contributed by atoms with Gasteiger partial charge < -0.3 is 41.5 Å². The minimum atomic E-state index is -0.257. The number of aliphatic hydroxyl groups is 4. The first-order valence-electron chi connectivity index (χ1n) is 23.2. The van der Waals surface area contributed by atoms with Gasteiger partial charge in [0.25, 0.3) is 0 Å². The summed E-state index contributed by atoms with van der Waals surface area (Å²) in [5.41, 5.74) is 13.8. The Hall–Kier alpha value is -1.69. The van der Waals surface area contributed by atoms with Gasteiger partial charge in [-0.15, -0.1) is 0 Å². The summed E-state index contributed by atoms with van der Waals surface area (Å²) in [5, 5.41) is 47.5. The van der Waals surface area contributed by atoms with E-state index in [1.54, 1.807) is 22.3 Å². The Morgan fingerprint density at radius 3 is 1.59 bits per heavy atom. The van der Waals surface area contributed by atoms with Crippen LogP contribution in [0.25, 0.3) is 0 Å². The summed E-state index contributed by atoms with van der Waals surface area (Å²) in [6.45, 7) is 18.3. The van der Waals surface area contributed by atoms with Crippen molar-refractivity contribution in [2.45, 2.75) is 156 Å². The van der Waals surface area contributed by atoms with E-state index < -0.39 is 0 Å². The summed E-state index contributed by atoms with van der Waals surface area (Å²) in [6.07, 6.45) is 18.3. The monoisotopic (exact) mass is 845 g/mol. The lowest BCUT2D eigenvalue weighted by atomic mass is 9.53. The molecule has 0 radical (unpaired) electrons. The van der Waals surface area contributed by atoms with Gasteiger partial charge in [-0.3, -0.25) is 0 Å². The topological polar surface area (TPSA) is 170 Å². The Morgan fingerprint density at radius 1 is 0.780 bits per heavy atom. The van der Waals surface area contributed by atoms with E-state index in [1.807, 2.05) is 7.05 Å². The molecule has 59 heavy (non-hydrogen) atoms. The van der Waals surface area contributed by atoms with Crippen LogP contribution in [0, 0.1) is 57.2 Å². The molecule has 0 aromatic heterocycles. The van der Waals surface area contributed by atoms with Crippen LogP contribution in [0.1, 0.15) is 144 Å². The molecule has 8 N–H and O–H groups in total. The second kappa shape index (κ2) is 22.1. The number of hydrogen-bond acceptors (Lipinski definition) is 9. The molecule has 1 aliphatic heterocycles. The SMILES string of the molecule is C1CCOC1.CC1(C)CCC2=C1CC[C@H]([C@@]1(C)CC[C@H](O)C[C@@H]1CO)[C@H]2CN.CN=C=O.CNC(=S)NC[C@H]1C2=C(CC[C@@H]1[C@@]1(C)CC[C@H](O)C[C@@H]1CO)C(C)(C)CC2. The molecule has 0 aromatic carbocycles. The highest BCUT2D eigenvalue weighted by atomic mass is 32.1. The van der Waals surface area contributed by atoms with E-state index in [0.717, 1.165) is 64.8 Å². The van der Waals surface area contributed by atoms with Crippen LogP contribution in [-0.2, 0) is 9.53 Å². The predicted molar refractivity (Wildman–Crippen MR) is 242 cm³/mol. The molecule has 10 atom stereocenters. The molecule has 7 rings (SSSR count). The van der Waals surface area contributed by atoms with Gasteiger partial charge in [-0.1, -0.05) is 63.8 Å². The maximum atomic E-state index is 10.2. The minimum absolute atomic E-state index is 0.0762. The van der Waals surface area contributed by atoms with Crippen LogP contribution >= 0.6 is 12.2 Å². The summed E-state index contributed by atoms with van der Waals surface area (Å²) in [4.78, 5) is 11.8. The number of isocyanates is 1. The van der Waals surface area contributed by atoms with Crippen LogP contribution in [0.2, 0.25) is 0 Å². The predicted octanol–water partition coefficient (Wildman–Crippen LogP) is 7.38. The smallest absolute Gasteiger partial charge is 0.234 e. The molecular formula is C48H84N4O6S. The van der Waals surface area contributed by atoms with E-state index >= 15 is 0 Å². The first-order valence-corrected chi connectivity index (χ1v) is 23.6. The fraction of sp³-hybridized carbons (Fsp3) is 0.875. The van der Waals surface area contributed by atoms with Gasteiger partial charge in [-0.25, -0.2) is 9.79 Å². The number of thiocarbonyl (C=S) groups is 1. The Labute approximate surface area is 363 Å². The summed E-state index contributed by atoms with van der Waals surface area (Å²) >= 11 is 5.36. The average molecular weight is 845 g/mol. The molecular weight excluding hydrogens is 761 g/mol. The van der Waals surface area contributed by atoms with Crippen LogP contribution in [0.4, 0.5) is 0 Å². The summed E-state index contributed by atoms with van der Waals surface area (Å²) in [7, 11) is 3.25. The van der Waals surface area contributed by atoms with Crippen LogP contribution < -0.4 is 16.4 Å². The van der Waals surface area contributed by atoms with Gasteiger partial charge in [0.1, 0.15) is 0 Å². The van der Waals surface area contributed by atoms with E-state index in [0.29, 0.717) is 39.6 Å². The molecule has 10 nitrogen and oxygen atoms in total. The van der Waals surface area contributed by atoms with E-state index in [2.05, 4.69) is 57.2 Å². The van der Waals surface area contributed by atoms with Gasteiger partial charge in [-0.2, -0.15) is 0 Å². The van der Waals surface area contributed by atoms with Crippen molar-refractivity contribution >= 4 is 23.4 Å². The molecule has 0 amide bonds. The van der Waals surface area contributed by atoms with Crippen LogP contribution in [-0.4, -0.2) is 97.4 Å². The number of aliphatic hydroxyl groups excluding tert-OH is 4. The number of aliphatic imine (C=N–C) groups is 1. The molecule has 0 spiro atoms. The number of nitrogens with zero attached hydrogens (tertiary/aromatic N) is 1.